The Kier molecular flexibility index (Phi) is 4.98. The van der Waals surface area contributed by atoms with Gasteiger partial charge in [-0.15, -0.1) is 0 Å². The highest BCUT2D eigenvalue weighted by Crippen LogP contribution is 2.28. The largest absolute Gasteiger partial charge is 0.465 e. The lowest BCUT2D eigenvalue weighted by molar-refractivity contribution is 0.0595. The Morgan fingerprint density at radius 1 is 1.23 bits per heavy atom. The third-order valence-electron chi connectivity index (χ3n) is 3.21. The Morgan fingerprint density at radius 2 is 1.95 bits per heavy atom. The average molecular weight is 326 g/mol. The van der Waals surface area contributed by atoms with Gasteiger partial charge in [-0.25, -0.2) is 13.6 Å². The van der Waals surface area contributed by atoms with Crippen molar-refractivity contribution < 1.29 is 18.3 Å². The molecule has 116 valence electrons. The zero-order valence-corrected chi connectivity index (χ0v) is 12.7. The highest BCUT2D eigenvalue weighted by Gasteiger charge is 2.15. The van der Waals surface area contributed by atoms with E-state index in [0.717, 1.165) is 0 Å². The number of ether oxygens (including phenoxy) is 1. The Bertz CT molecular complexity index is 707. The van der Waals surface area contributed by atoms with Crippen LogP contribution in [0.2, 0.25) is 5.02 Å². The van der Waals surface area contributed by atoms with Crippen LogP contribution in [0, 0.1) is 11.6 Å². The first kappa shape index (κ1) is 16.2. The summed E-state index contributed by atoms with van der Waals surface area (Å²) in [5.74, 6) is -1.96. The van der Waals surface area contributed by atoms with E-state index >= 15 is 0 Å². The number of esters is 1. The van der Waals surface area contributed by atoms with Crippen LogP contribution >= 0.6 is 11.6 Å². The summed E-state index contributed by atoms with van der Waals surface area (Å²) in [5, 5.41) is 3.03. The lowest BCUT2D eigenvalue weighted by Gasteiger charge is -2.17. The Balaban J connectivity index is 2.22. The van der Waals surface area contributed by atoms with E-state index in [2.05, 4.69) is 10.1 Å². The number of nitrogens with one attached hydrogen (secondary N) is 1. The van der Waals surface area contributed by atoms with E-state index in [0.29, 0.717) is 11.3 Å². The normalized spacial score (nSPS) is 11.9. The van der Waals surface area contributed by atoms with Crippen molar-refractivity contribution in [1.82, 2.24) is 0 Å². The van der Waals surface area contributed by atoms with Crippen molar-refractivity contribution >= 4 is 23.3 Å². The van der Waals surface area contributed by atoms with Crippen molar-refractivity contribution in [3.63, 3.8) is 0 Å². The van der Waals surface area contributed by atoms with Crippen molar-refractivity contribution in [3.05, 3.63) is 64.2 Å². The van der Waals surface area contributed by atoms with Gasteiger partial charge in [-0.2, -0.15) is 0 Å². The monoisotopic (exact) mass is 325 g/mol. The molecular formula is C16H14ClF2NO2. The van der Waals surface area contributed by atoms with Crippen LogP contribution in [0.25, 0.3) is 0 Å². The number of carbonyl (C=O) groups excluding carboxylic acids is 1. The number of halogens is 3. The number of carbonyl (C=O) groups is 1. The molecule has 2 aromatic carbocycles. The zero-order valence-electron chi connectivity index (χ0n) is 12.0. The Morgan fingerprint density at radius 3 is 2.59 bits per heavy atom. The lowest BCUT2D eigenvalue weighted by atomic mass is 10.1. The van der Waals surface area contributed by atoms with Gasteiger partial charge in [-0.1, -0.05) is 23.7 Å². The summed E-state index contributed by atoms with van der Waals surface area (Å²) in [4.78, 5) is 11.3. The standard InChI is InChI=1S/C16H14ClF2NO2/c1-9(11-4-3-5-13(18)15(11)17)20-10-6-7-12(14(19)8-10)16(21)22-2/h3-9,20H,1-2H3. The maximum absolute atomic E-state index is 13.9. The Hall–Kier alpha value is -2.14. The molecule has 3 nitrogen and oxygen atoms in total. The fourth-order valence-electron chi connectivity index (χ4n) is 2.06. The van der Waals surface area contributed by atoms with Crippen molar-refractivity contribution in [3.8, 4) is 0 Å². The van der Waals surface area contributed by atoms with Crippen LogP contribution in [0.1, 0.15) is 28.9 Å². The molecule has 0 spiro atoms. The van der Waals surface area contributed by atoms with Gasteiger partial charge in [0.2, 0.25) is 0 Å². The van der Waals surface area contributed by atoms with Gasteiger partial charge in [0.05, 0.1) is 23.7 Å². The highest BCUT2D eigenvalue weighted by molar-refractivity contribution is 6.31. The first-order valence-corrected chi connectivity index (χ1v) is 6.90. The number of anilines is 1. The predicted molar refractivity (Wildman–Crippen MR) is 81.2 cm³/mol. The van der Waals surface area contributed by atoms with E-state index in [-0.39, 0.29) is 16.6 Å². The molecule has 0 bridgehead atoms. The second-order valence-electron chi connectivity index (χ2n) is 4.70. The van der Waals surface area contributed by atoms with Gasteiger partial charge in [0.25, 0.3) is 0 Å². The number of methoxy groups -OCH3 is 1. The summed E-state index contributed by atoms with van der Waals surface area (Å²) in [6.45, 7) is 1.77. The number of hydrogen-bond donors (Lipinski definition) is 1. The average Bonchev–Trinajstić information content (AvgIpc) is 2.49. The molecule has 2 aromatic rings. The van der Waals surface area contributed by atoms with E-state index in [1.165, 1.54) is 25.3 Å². The molecule has 1 N–H and O–H groups in total. The zero-order chi connectivity index (χ0) is 16.3. The third kappa shape index (κ3) is 3.36. The van der Waals surface area contributed by atoms with Crippen LogP contribution in [0.15, 0.2) is 36.4 Å². The van der Waals surface area contributed by atoms with Crippen molar-refractivity contribution in [2.75, 3.05) is 12.4 Å². The van der Waals surface area contributed by atoms with Crippen LogP contribution in [0.4, 0.5) is 14.5 Å². The summed E-state index contributed by atoms with van der Waals surface area (Å²) in [6.07, 6.45) is 0. The maximum Gasteiger partial charge on any atom is 0.340 e. The fourth-order valence-corrected chi connectivity index (χ4v) is 2.35. The summed E-state index contributed by atoms with van der Waals surface area (Å²) in [6, 6.07) is 8.20. The Labute approximate surface area is 131 Å². The highest BCUT2D eigenvalue weighted by atomic mass is 35.5. The number of hydrogen-bond acceptors (Lipinski definition) is 3. The van der Waals surface area contributed by atoms with Crippen LogP contribution in [0.3, 0.4) is 0 Å². The molecule has 0 amide bonds. The van der Waals surface area contributed by atoms with E-state index in [1.54, 1.807) is 25.1 Å². The van der Waals surface area contributed by atoms with Crippen molar-refractivity contribution in [1.29, 1.82) is 0 Å². The summed E-state index contributed by atoms with van der Waals surface area (Å²) >= 11 is 5.92. The number of benzene rings is 2. The van der Waals surface area contributed by atoms with E-state index < -0.39 is 17.6 Å². The molecule has 0 saturated carbocycles. The maximum atomic E-state index is 13.9. The minimum Gasteiger partial charge on any atom is -0.465 e. The fraction of sp³-hybridized carbons (Fsp3) is 0.188. The predicted octanol–water partition coefficient (Wildman–Crippen LogP) is 4.58. The molecular weight excluding hydrogens is 312 g/mol. The van der Waals surface area contributed by atoms with Crippen molar-refractivity contribution in [2.45, 2.75) is 13.0 Å². The molecule has 0 aromatic heterocycles. The molecule has 2 rings (SSSR count). The van der Waals surface area contributed by atoms with E-state index in [9.17, 15) is 13.6 Å². The second kappa shape index (κ2) is 6.75. The first-order valence-electron chi connectivity index (χ1n) is 6.52. The summed E-state index contributed by atoms with van der Waals surface area (Å²) < 4.78 is 31.8. The van der Waals surface area contributed by atoms with Crippen LogP contribution < -0.4 is 5.32 Å². The smallest absolute Gasteiger partial charge is 0.340 e. The van der Waals surface area contributed by atoms with Gasteiger partial charge in [0.15, 0.2) is 0 Å². The van der Waals surface area contributed by atoms with Gasteiger partial charge >= 0.3 is 5.97 Å². The van der Waals surface area contributed by atoms with Crippen molar-refractivity contribution in [2.24, 2.45) is 0 Å². The molecule has 0 fully saturated rings. The SMILES string of the molecule is COC(=O)c1ccc(NC(C)c2cccc(F)c2Cl)cc1F. The second-order valence-corrected chi connectivity index (χ2v) is 5.07. The summed E-state index contributed by atoms with van der Waals surface area (Å²) in [7, 11) is 1.18. The van der Waals surface area contributed by atoms with Gasteiger partial charge < -0.3 is 10.1 Å². The number of rotatable bonds is 4. The molecule has 0 saturated heterocycles. The molecule has 1 unspecified atom stereocenters. The molecule has 6 heteroatoms. The third-order valence-corrected chi connectivity index (χ3v) is 3.60. The molecule has 1 atom stereocenters. The lowest BCUT2D eigenvalue weighted by Crippen LogP contribution is -2.09. The molecule has 0 aliphatic heterocycles. The molecule has 22 heavy (non-hydrogen) atoms. The van der Waals surface area contributed by atoms with E-state index in [1.807, 2.05) is 0 Å². The molecule has 0 aliphatic carbocycles. The van der Waals surface area contributed by atoms with Gasteiger partial charge in [-0.05, 0) is 36.8 Å². The minimum absolute atomic E-state index is 0.0224. The van der Waals surface area contributed by atoms with Crippen LogP contribution in [-0.2, 0) is 4.74 Å². The summed E-state index contributed by atoms with van der Waals surface area (Å²) in [5.41, 5.74) is 0.849. The van der Waals surface area contributed by atoms with E-state index in [4.69, 9.17) is 11.6 Å². The first-order chi connectivity index (χ1) is 10.4. The molecule has 0 radical (unpaired) electrons. The molecule has 0 aliphatic rings. The quantitative estimate of drug-likeness (QED) is 0.836. The van der Waals surface area contributed by atoms with Gasteiger partial charge in [0.1, 0.15) is 11.6 Å². The van der Waals surface area contributed by atoms with Gasteiger partial charge in [0, 0.05) is 5.69 Å². The van der Waals surface area contributed by atoms with Crippen LogP contribution in [0.5, 0.6) is 0 Å². The molecule has 0 heterocycles. The van der Waals surface area contributed by atoms with Gasteiger partial charge in [-0.3, -0.25) is 0 Å². The minimum atomic E-state index is -0.745. The van der Waals surface area contributed by atoms with Crippen LogP contribution in [-0.4, -0.2) is 13.1 Å². The topological polar surface area (TPSA) is 38.3 Å².